The van der Waals surface area contributed by atoms with E-state index >= 15 is 0 Å². The van der Waals surface area contributed by atoms with E-state index in [9.17, 15) is 0 Å². The molecule has 0 radical (unpaired) electrons. The highest BCUT2D eigenvalue weighted by atomic mass is 15.3. The monoisotopic (exact) mass is 249 g/mol. The van der Waals surface area contributed by atoms with Crippen LogP contribution in [-0.2, 0) is 0 Å². The lowest BCUT2D eigenvalue weighted by molar-refractivity contribution is 0.190. The van der Waals surface area contributed by atoms with Crippen molar-refractivity contribution >= 4 is 0 Å². The van der Waals surface area contributed by atoms with Crippen molar-refractivity contribution in [3.8, 4) is 0 Å². The molecule has 1 saturated carbocycles. The minimum absolute atomic E-state index is 0.539. The zero-order valence-electron chi connectivity index (χ0n) is 12.2. The van der Waals surface area contributed by atoms with Crippen molar-refractivity contribution < 1.29 is 0 Å². The van der Waals surface area contributed by atoms with E-state index in [2.05, 4.69) is 43.8 Å². The van der Waals surface area contributed by atoms with Crippen molar-refractivity contribution in [3.63, 3.8) is 0 Å². The van der Waals surface area contributed by atoms with Gasteiger partial charge in [-0.3, -0.25) is 4.68 Å². The average Bonchev–Trinajstić information content (AvgIpc) is 2.69. The normalized spacial score (nSPS) is 28.6. The molecule has 3 atom stereocenters. The molecule has 3 nitrogen and oxygen atoms in total. The van der Waals surface area contributed by atoms with Crippen LogP contribution in [0.5, 0.6) is 0 Å². The van der Waals surface area contributed by atoms with Crippen LogP contribution in [0.2, 0.25) is 0 Å². The first-order valence-corrected chi connectivity index (χ1v) is 7.41. The highest BCUT2D eigenvalue weighted by molar-refractivity contribution is 5.09. The van der Waals surface area contributed by atoms with Crippen molar-refractivity contribution in [3.05, 3.63) is 17.5 Å². The quantitative estimate of drug-likeness (QED) is 0.888. The van der Waals surface area contributed by atoms with Crippen LogP contribution in [0.4, 0.5) is 0 Å². The number of nitrogens with zero attached hydrogens (tertiary/aromatic N) is 2. The Kier molecular flexibility index (Phi) is 4.44. The summed E-state index contributed by atoms with van der Waals surface area (Å²) in [7, 11) is 0. The zero-order valence-corrected chi connectivity index (χ0v) is 12.2. The van der Waals surface area contributed by atoms with E-state index < -0.39 is 0 Å². The van der Waals surface area contributed by atoms with Crippen LogP contribution in [-0.4, -0.2) is 22.4 Å². The summed E-state index contributed by atoms with van der Waals surface area (Å²) in [4.78, 5) is 0. The molecule has 1 aromatic rings. The molecule has 0 spiro atoms. The van der Waals surface area contributed by atoms with Crippen LogP contribution in [0.1, 0.15) is 57.0 Å². The van der Waals surface area contributed by atoms with Gasteiger partial charge in [0.1, 0.15) is 0 Å². The Morgan fingerprint density at radius 1 is 1.33 bits per heavy atom. The molecule has 1 fully saturated rings. The summed E-state index contributed by atoms with van der Waals surface area (Å²) in [6.07, 6.45) is 5.23. The van der Waals surface area contributed by atoms with Crippen LogP contribution < -0.4 is 5.32 Å². The maximum absolute atomic E-state index is 4.71. The van der Waals surface area contributed by atoms with Gasteiger partial charge in [-0.25, -0.2) is 0 Å². The van der Waals surface area contributed by atoms with Gasteiger partial charge in [0.15, 0.2) is 0 Å². The number of rotatable bonds is 4. The Morgan fingerprint density at radius 3 is 2.67 bits per heavy atom. The number of likely N-dealkylation sites (N-methyl/N-ethyl adjacent to an activating group) is 1. The van der Waals surface area contributed by atoms with Gasteiger partial charge in [0.05, 0.1) is 11.7 Å². The smallest absolute Gasteiger partial charge is 0.0677 e. The first kappa shape index (κ1) is 13.6. The van der Waals surface area contributed by atoms with E-state index in [0.29, 0.717) is 12.1 Å². The first-order valence-electron chi connectivity index (χ1n) is 7.41. The maximum atomic E-state index is 4.71. The van der Waals surface area contributed by atoms with Crippen molar-refractivity contribution in [2.24, 2.45) is 5.92 Å². The molecule has 1 aromatic heterocycles. The number of hydrogen-bond donors (Lipinski definition) is 1. The summed E-state index contributed by atoms with van der Waals surface area (Å²) in [6, 6.07) is 3.33. The predicted octanol–water partition coefficient (Wildman–Crippen LogP) is 3.23. The molecular formula is C15H27N3. The Morgan fingerprint density at radius 2 is 2.11 bits per heavy atom. The number of nitrogens with one attached hydrogen (secondary N) is 1. The molecule has 3 heteroatoms. The van der Waals surface area contributed by atoms with Gasteiger partial charge < -0.3 is 5.32 Å². The Bertz CT molecular complexity index is 383. The van der Waals surface area contributed by atoms with Crippen molar-refractivity contribution in [1.82, 2.24) is 15.1 Å². The van der Waals surface area contributed by atoms with E-state index in [1.807, 2.05) is 0 Å². The van der Waals surface area contributed by atoms with Gasteiger partial charge in [-0.15, -0.1) is 0 Å². The van der Waals surface area contributed by atoms with Crippen LogP contribution in [0.25, 0.3) is 0 Å². The Balaban J connectivity index is 2.21. The van der Waals surface area contributed by atoms with Gasteiger partial charge in [0.25, 0.3) is 0 Å². The summed E-state index contributed by atoms with van der Waals surface area (Å²) in [5.41, 5.74) is 2.44. The second-order valence-corrected chi connectivity index (χ2v) is 5.69. The van der Waals surface area contributed by atoms with Crippen molar-refractivity contribution in [2.75, 3.05) is 6.54 Å². The molecule has 0 amide bonds. The summed E-state index contributed by atoms with van der Waals surface area (Å²) in [6.45, 7) is 9.84. The zero-order chi connectivity index (χ0) is 13.1. The minimum Gasteiger partial charge on any atom is -0.312 e. The van der Waals surface area contributed by atoms with E-state index in [1.54, 1.807) is 0 Å². The molecule has 1 N–H and O–H groups in total. The Labute approximate surface area is 111 Å². The van der Waals surface area contributed by atoms with Gasteiger partial charge >= 0.3 is 0 Å². The van der Waals surface area contributed by atoms with E-state index in [1.165, 1.54) is 31.4 Å². The molecule has 1 heterocycles. The summed E-state index contributed by atoms with van der Waals surface area (Å²) >= 11 is 0. The molecule has 0 bridgehead atoms. The molecule has 18 heavy (non-hydrogen) atoms. The number of aryl methyl sites for hydroxylation is 2. The third-order valence-electron chi connectivity index (χ3n) is 4.33. The Hall–Kier alpha value is -0.830. The lowest BCUT2D eigenvalue weighted by Gasteiger charge is -2.37. The molecular weight excluding hydrogens is 222 g/mol. The molecule has 102 valence electrons. The van der Waals surface area contributed by atoms with Crippen LogP contribution in [0.3, 0.4) is 0 Å². The van der Waals surface area contributed by atoms with Gasteiger partial charge in [-0.05, 0) is 51.6 Å². The summed E-state index contributed by atoms with van der Waals surface area (Å²) in [5, 5.41) is 8.37. The molecule has 1 aliphatic carbocycles. The molecule has 0 saturated heterocycles. The number of hydrogen-bond acceptors (Lipinski definition) is 2. The molecule has 1 aliphatic rings. The largest absolute Gasteiger partial charge is 0.312 e. The van der Waals surface area contributed by atoms with Gasteiger partial charge in [-0.2, -0.15) is 5.10 Å². The first-order chi connectivity index (χ1) is 8.65. The predicted molar refractivity (Wildman–Crippen MR) is 75.8 cm³/mol. The van der Waals surface area contributed by atoms with Crippen LogP contribution in [0.15, 0.2) is 6.07 Å². The fourth-order valence-electron chi connectivity index (χ4n) is 3.35. The minimum atomic E-state index is 0.539. The standard InChI is InChI=1S/C15H27N3/c1-5-13-7-8-14(16-6-2)15(10-13)18-12(4)9-11(3)17-18/h9,13-16H,5-8,10H2,1-4H3. The molecule has 0 aliphatic heterocycles. The van der Waals surface area contributed by atoms with Gasteiger partial charge in [-0.1, -0.05) is 20.3 Å². The number of aromatic nitrogens is 2. The van der Waals surface area contributed by atoms with Crippen molar-refractivity contribution in [1.29, 1.82) is 0 Å². The fourth-order valence-corrected chi connectivity index (χ4v) is 3.35. The molecule has 2 rings (SSSR count). The topological polar surface area (TPSA) is 29.9 Å². The van der Waals surface area contributed by atoms with Crippen LogP contribution >= 0.6 is 0 Å². The molecule has 0 aromatic carbocycles. The van der Waals surface area contributed by atoms with Crippen LogP contribution in [0, 0.1) is 19.8 Å². The third-order valence-corrected chi connectivity index (χ3v) is 4.33. The highest BCUT2D eigenvalue weighted by Crippen LogP contribution is 2.35. The summed E-state index contributed by atoms with van der Waals surface area (Å²) in [5.74, 6) is 0.869. The van der Waals surface area contributed by atoms with E-state index in [-0.39, 0.29) is 0 Å². The fraction of sp³-hybridized carbons (Fsp3) is 0.800. The third kappa shape index (κ3) is 2.77. The summed E-state index contributed by atoms with van der Waals surface area (Å²) < 4.78 is 2.27. The highest BCUT2D eigenvalue weighted by Gasteiger charge is 2.31. The van der Waals surface area contributed by atoms with E-state index in [0.717, 1.165) is 18.2 Å². The van der Waals surface area contributed by atoms with Gasteiger partial charge in [0, 0.05) is 11.7 Å². The maximum Gasteiger partial charge on any atom is 0.0677 e. The second-order valence-electron chi connectivity index (χ2n) is 5.69. The molecule has 3 unspecified atom stereocenters. The lowest BCUT2D eigenvalue weighted by atomic mass is 9.81. The lowest BCUT2D eigenvalue weighted by Crippen LogP contribution is -2.42. The second kappa shape index (κ2) is 5.87. The van der Waals surface area contributed by atoms with Crippen molar-refractivity contribution in [2.45, 2.75) is 65.5 Å². The average molecular weight is 249 g/mol. The SMILES string of the molecule is CCNC1CCC(CC)CC1n1nc(C)cc1C. The van der Waals surface area contributed by atoms with E-state index in [4.69, 9.17) is 5.10 Å². The van der Waals surface area contributed by atoms with Gasteiger partial charge in [0.2, 0.25) is 0 Å².